The zero-order valence-electron chi connectivity index (χ0n) is 14.8. The Bertz CT molecular complexity index is 922. The zero-order chi connectivity index (χ0) is 19.1. The summed E-state index contributed by atoms with van der Waals surface area (Å²) in [5.41, 5.74) is 1.39. The first kappa shape index (κ1) is 18.2. The van der Waals surface area contributed by atoms with E-state index in [0.717, 1.165) is 0 Å². The number of carbonyl (C=O) groups is 2. The van der Waals surface area contributed by atoms with E-state index in [1.807, 2.05) is 0 Å². The van der Waals surface area contributed by atoms with Crippen LogP contribution in [0.15, 0.2) is 65.4 Å². The number of esters is 1. The van der Waals surface area contributed by atoms with Crippen molar-refractivity contribution < 1.29 is 18.7 Å². The molecule has 3 aromatic rings. The summed E-state index contributed by atoms with van der Waals surface area (Å²) >= 11 is 0. The Kier molecular flexibility index (Phi) is 5.84. The molecular weight excluding hydrogens is 346 g/mol. The van der Waals surface area contributed by atoms with Gasteiger partial charge in [0.15, 0.2) is 0 Å². The Morgan fingerprint density at radius 3 is 2.78 bits per heavy atom. The molecule has 138 valence electrons. The number of rotatable bonds is 7. The fourth-order valence-electron chi connectivity index (χ4n) is 2.44. The first-order chi connectivity index (χ1) is 13.2. The van der Waals surface area contributed by atoms with Gasteiger partial charge in [-0.15, -0.1) is 0 Å². The van der Waals surface area contributed by atoms with Gasteiger partial charge in [-0.2, -0.15) is 0 Å². The molecule has 3 rings (SSSR count). The van der Waals surface area contributed by atoms with E-state index in [1.54, 1.807) is 61.7 Å². The highest BCUT2D eigenvalue weighted by molar-refractivity contribution is 5.97. The van der Waals surface area contributed by atoms with Gasteiger partial charge in [0.25, 0.3) is 5.91 Å². The molecule has 2 N–H and O–H groups in total. The molecule has 7 nitrogen and oxygen atoms in total. The third-order valence-corrected chi connectivity index (χ3v) is 3.71. The lowest BCUT2D eigenvalue weighted by atomic mass is 10.1. The van der Waals surface area contributed by atoms with Gasteiger partial charge >= 0.3 is 5.97 Å². The van der Waals surface area contributed by atoms with E-state index in [1.165, 1.54) is 6.20 Å². The van der Waals surface area contributed by atoms with Crippen molar-refractivity contribution in [3.05, 3.63) is 77.9 Å². The van der Waals surface area contributed by atoms with Crippen molar-refractivity contribution in [1.82, 2.24) is 10.3 Å². The standard InChI is InChI=1S/C20H19N3O4/c1-2-26-20(25)16-7-3-4-8-17(16)23-18-12-14(9-10-21-18)19(24)22-13-15-6-5-11-27-15/h3-12H,2,13H2,1H3,(H,21,23)(H,22,24). The number of amides is 1. The summed E-state index contributed by atoms with van der Waals surface area (Å²) in [5, 5.41) is 5.84. The number of nitrogens with one attached hydrogen (secondary N) is 2. The highest BCUT2D eigenvalue weighted by Gasteiger charge is 2.13. The zero-order valence-corrected chi connectivity index (χ0v) is 14.8. The van der Waals surface area contributed by atoms with Crippen LogP contribution in [-0.2, 0) is 11.3 Å². The number of furan rings is 1. The average molecular weight is 365 g/mol. The van der Waals surface area contributed by atoms with E-state index in [4.69, 9.17) is 9.15 Å². The number of benzene rings is 1. The topological polar surface area (TPSA) is 93.5 Å². The predicted molar refractivity (Wildman–Crippen MR) is 99.8 cm³/mol. The summed E-state index contributed by atoms with van der Waals surface area (Å²) in [6.07, 6.45) is 3.08. The van der Waals surface area contributed by atoms with Crippen molar-refractivity contribution in [1.29, 1.82) is 0 Å². The second kappa shape index (κ2) is 8.66. The third-order valence-electron chi connectivity index (χ3n) is 3.71. The van der Waals surface area contributed by atoms with Gasteiger partial charge in [0.1, 0.15) is 11.6 Å². The van der Waals surface area contributed by atoms with Gasteiger partial charge in [-0.3, -0.25) is 4.79 Å². The van der Waals surface area contributed by atoms with E-state index in [-0.39, 0.29) is 12.5 Å². The van der Waals surface area contributed by atoms with Crippen LogP contribution in [-0.4, -0.2) is 23.5 Å². The third kappa shape index (κ3) is 4.72. The maximum absolute atomic E-state index is 12.3. The van der Waals surface area contributed by atoms with Gasteiger partial charge in [0.05, 0.1) is 30.7 Å². The van der Waals surface area contributed by atoms with E-state index >= 15 is 0 Å². The predicted octanol–water partition coefficient (Wildman–Crippen LogP) is 3.52. The Morgan fingerprint density at radius 2 is 2.00 bits per heavy atom. The summed E-state index contributed by atoms with van der Waals surface area (Å²) in [6.45, 7) is 2.33. The van der Waals surface area contributed by atoms with E-state index in [9.17, 15) is 9.59 Å². The normalized spacial score (nSPS) is 10.3. The van der Waals surface area contributed by atoms with Crippen LogP contribution >= 0.6 is 0 Å². The molecule has 7 heteroatoms. The molecule has 0 saturated carbocycles. The number of aromatic nitrogens is 1. The fourth-order valence-corrected chi connectivity index (χ4v) is 2.44. The molecule has 1 amide bonds. The van der Waals surface area contributed by atoms with Crippen LogP contribution in [0.5, 0.6) is 0 Å². The maximum Gasteiger partial charge on any atom is 0.340 e. The van der Waals surface area contributed by atoms with Crippen molar-refractivity contribution >= 4 is 23.4 Å². The summed E-state index contributed by atoms with van der Waals surface area (Å²) in [5.74, 6) is 0.431. The fraction of sp³-hybridized carbons (Fsp3) is 0.150. The second-order valence-corrected chi connectivity index (χ2v) is 5.58. The van der Waals surface area contributed by atoms with Crippen LogP contribution in [0.25, 0.3) is 0 Å². The van der Waals surface area contributed by atoms with E-state index in [0.29, 0.717) is 34.9 Å². The molecule has 2 heterocycles. The van der Waals surface area contributed by atoms with Crippen LogP contribution in [0.2, 0.25) is 0 Å². The highest BCUT2D eigenvalue weighted by Crippen LogP contribution is 2.21. The van der Waals surface area contributed by atoms with Crippen molar-refractivity contribution in [2.45, 2.75) is 13.5 Å². The van der Waals surface area contributed by atoms with Crippen LogP contribution in [0.1, 0.15) is 33.4 Å². The molecule has 0 radical (unpaired) electrons. The lowest BCUT2D eigenvalue weighted by molar-refractivity contribution is 0.0527. The monoisotopic (exact) mass is 365 g/mol. The molecule has 0 atom stereocenters. The molecule has 2 aromatic heterocycles. The number of anilines is 2. The maximum atomic E-state index is 12.3. The van der Waals surface area contributed by atoms with Crippen molar-refractivity contribution in [2.24, 2.45) is 0 Å². The lowest BCUT2D eigenvalue weighted by Gasteiger charge is -2.11. The second-order valence-electron chi connectivity index (χ2n) is 5.58. The van der Waals surface area contributed by atoms with Gasteiger partial charge in [-0.05, 0) is 43.3 Å². The minimum Gasteiger partial charge on any atom is -0.467 e. The summed E-state index contributed by atoms with van der Waals surface area (Å²) < 4.78 is 10.3. The number of ether oxygens (including phenoxy) is 1. The minimum absolute atomic E-state index is 0.254. The quantitative estimate of drug-likeness (QED) is 0.622. The number of para-hydroxylation sites is 1. The van der Waals surface area contributed by atoms with Crippen LogP contribution in [0.3, 0.4) is 0 Å². The summed E-state index contributed by atoms with van der Waals surface area (Å²) in [6, 6.07) is 13.7. The molecular formula is C20H19N3O4. The number of hydrogen-bond acceptors (Lipinski definition) is 6. The minimum atomic E-state index is -0.423. The van der Waals surface area contributed by atoms with Gasteiger partial charge in [0.2, 0.25) is 0 Å². The van der Waals surface area contributed by atoms with Crippen LogP contribution < -0.4 is 10.6 Å². The molecule has 0 aliphatic heterocycles. The van der Waals surface area contributed by atoms with Gasteiger partial charge < -0.3 is 19.8 Å². The largest absolute Gasteiger partial charge is 0.467 e. The first-order valence-corrected chi connectivity index (χ1v) is 8.47. The average Bonchev–Trinajstić information content (AvgIpc) is 3.20. The smallest absolute Gasteiger partial charge is 0.340 e. The summed E-state index contributed by atoms with van der Waals surface area (Å²) in [7, 11) is 0. The first-order valence-electron chi connectivity index (χ1n) is 8.47. The van der Waals surface area contributed by atoms with Gasteiger partial charge in [-0.1, -0.05) is 12.1 Å². The molecule has 0 bridgehead atoms. The number of nitrogens with zero attached hydrogens (tertiary/aromatic N) is 1. The molecule has 0 saturated heterocycles. The van der Waals surface area contributed by atoms with E-state index in [2.05, 4.69) is 15.6 Å². The molecule has 0 fully saturated rings. The molecule has 0 unspecified atom stereocenters. The van der Waals surface area contributed by atoms with E-state index < -0.39 is 5.97 Å². The summed E-state index contributed by atoms with van der Waals surface area (Å²) in [4.78, 5) is 28.6. The number of hydrogen-bond donors (Lipinski definition) is 2. The van der Waals surface area contributed by atoms with Gasteiger partial charge in [0, 0.05) is 11.8 Å². The Balaban J connectivity index is 1.73. The van der Waals surface area contributed by atoms with Crippen molar-refractivity contribution in [2.75, 3.05) is 11.9 Å². The Morgan fingerprint density at radius 1 is 1.15 bits per heavy atom. The lowest BCUT2D eigenvalue weighted by Crippen LogP contribution is -2.22. The van der Waals surface area contributed by atoms with Crippen LogP contribution in [0, 0.1) is 0 Å². The number of pyridine rings is 1. The molecule has 0 aliphatic rings. The SMILES string of the molecule is CCOC(=O)c1ccccc1Nc1cc(C(=O)NCc2ccco2)ccn1. The number of carbonyl (C=O) groups excluding carboxylic acids is 2. The highest BCUT2D eigenvalue weighted by atomic mass is 16.5. The van der Waals surface area contributed by atoms with Crippen molar-refractivity contribution in [3.63, 3.8) is 0 Å². The molecule has 0 aliphatic carbocycles. The molecule has 0 spiro atoms. The van der Waals surface area contributed by atoms with Crippen LogP contribution in [0.4, 0.5) is 11.5 Å². The molecule has 27 heavy (non-hydrogen) atoms. The van der Waals surface area contributed by atoms with Crippen molar-refractivity contribution in [3.8, 4) is 0 Å². The Hall–Kier alpha value is -3.61. The molecule has 1 aromatic carbocycles. The van der Waals surface area contributed by atoms with Gasteiger partial charge in [-0.25, -0.2) is 9.78 Å². The Labute approximate surface area is 156 Å².